The van der Waals surface area contributed by atoms with Crippen molar-refractivity contribution >= 4 is 22.4 Å². The highest BCUT2D eigenvalue weighted by Gasteiger charge is 2.01. The number of fused-ring (bicyclic) bond motifs is 1. The van der Waals surface area contributed by atoms with Crippen molar-refractivity contribution in [2.45, 2.75) is 6.92 Å². The van der Waals surface area contributed by atoms with Crippen LogP contribution in [0.5, 0.6) is 0 Å². The summed E-state index contributed by atoms with van der Waals surface area (Å²) in [6.45, 7) is 1.74. The number of hydrogen-bond donors (Lipinski definition) is 1. The average molecular weight is 213 g/mol. The first-order chi connectivity index (χ1) is 7.66. The maximum atomic E-state index is 10.5. The Morgan fingerprint density at radius 2 is 2.00 bits per heavy atom. The molecule has 1 aromatic carbocycles. The number of hydrogen-bond acceptors (Lipinski definition) is 2. The lowest BCUT2D eigenvalue weighted by Gasteiger charge is -2.02. The van der Waals surface area contributed by atoms with Gasteiger partial charge in [0, 0.05) is 11.5 Å². The Morgan fingerprint density at radius 3 is 2.75 bits per heavy atom. The second kappa shape index (κ2) is 4.14. The van der Waals surface area contributed by atoms with Crippen molar-refractivity contribution < 1.29 is 9.90 Å². The number of carbonyl (C=O) groups is 1. The van der Waals surface area contributed by atoms with Gasteiger partial charge in [0.25, 0.3) is 0 Å². The summed E-state index contributed by atoms with van der Waals surface area (Å²) in [6, 6.07) is 11.5. The average Bonchev–Trinajstić information content (AvgIpc) is 2.27. The first-order valence-corrected chi connectivity index (χ1v) is 4.94. The third-order valence-electron chi connectivity index (χ3n) is 2.34. The molecule has 0 saturated heterocycles. The molecule has 0 radical (unpaired) electrons. The highest BCUT2D eigenvalue weighted by atomic mass is 16.4. The second-order valence-electron chi connectivity index (χ2n) is 3.55. The maximum Gasteiger partial charge on any atom is 0.328 e. The monoisotopic (exact) mass is 213 g/mol. The zero-order chi connectivity index (χ0) is 11.5. The topological polar surface area (TPSA) is 50.2 Å². The maximum absolute atomic E-state index is 10.5. The Balaban J connectivity index is 2.51. The molecule has 0 spiro atoms. The summed E-state index contributed by atoms with van der Waals surface area (Å²) in [6.07, 6.45) is 1.16. The molecule has 3 nitrogen and oxygen atoms in total. The van der Waals surface area contributed by atoms with E-state index in [0.29, 0.717) is 11.3 Å². The van der Waals surface area contributed by atoms with Crippen molar-refractivity contribution in [1.29, 1.82) is 0 Å². The molecule has 1 aromatic heterocycles. The van der Waals surface area contributed by atoms with Crippen molar-refractivity contribution in [3.63, 3.8) is 0 Å². The third-order valence-corrected chi connectivity index (χ3v) is 2.34. The first kappa shape index (κ1) is 10.4. The Labute approximate surface area is 93.1 Å². The molecule has 0 amide bonds. The van der Waals surface area contributed by atoms with Crippen molar-refractivity contribution in [3.05, 3.63) is 48.2 Å². The molecule has 0 aliphatic rings. The van der Waals surface area contributed by atoms with Crippen molar-refractivity contribution in [1.82, 2.24) is 4.98 Å². The van der Waals surface area contributed by atoms with E-state index in [4.69, 9.17) is 5.11 Å². The van der Waals surface area contributed by atoms with Gasteiger partial charge in [0.2, 0.25) is 0 Å². The number of carboxylic acids is 1. The number of nitrogens with zero attached hydrogens (tertiary/aromatic N) is 1. The van der Waals surface area contributed by atoms with Crippen LogP contribution in [0.2, 0.25) is 0 Å². The number of carboxylic acid groups (broad SMARTS) is 1. The second-order valence-corrected chi connectivity index (χ2v) is 3.55. The Kier molecular flexibility index (Phi) is 2.68. The molecule has 1 N–H and O–H groups in total. The summed E-state index contributed by atoms with van der Waals surface area (Å²) in [5.74, 6) is -0.951. The summed E-state index contributed by atoms with van der Waals surface area (Å²) in [4.78, 5) is 14.9. The molecule has 0 fully saturated rings. The minimum absolute atomic E-state index is 0.651. The van der Waals surface area contributed by atoms with Crippen LogP contribution >= 0.6 is 0 Å². The summed E-state index contributed by atoms with van der Waals surface area (Å²) in [5.41, 5.74) is 2.22. The van der Waals surface area contributed by atoms with Crippen molar-refractivity contribution in [2.75, 3.05) is 0 Å². The number of aliphatic carboxylic acids is 1. The molecular formula is C13H11NO2. The molecule has 0 aliphatic carbocycles. The smallest absolute Gasteiger partial charge is 0.328 e. The number of rotatable bonds is 2. The lowest BCUT2D eigenvalue weighted by atomic mass is 10.1. The van der Waals surface area contributed by atoms with Gasteiger partial charge in [-0.05, 0) is 24.6 Å². The molecule has 0 atom stereocenters. The van der Waals surface area contributed by atoms with Gasteiger partial charge in [0.15, 0.2) is 0 Å². The fourth-order valence-corrected chi connectivity index (χ4v) is 1.54. The normalized spacial score (nSPS) is 11.7. The molecule has 80 valence electrons. The first-order valence-electron chi connectivity index (χ1n) is 4.94. The van der Waals surface area contributed by atoms with Gasteiger partial charge in [-0.2, -0.15) is 0 Å². The SMILES string of the molecule is C/C(=C\C(=O)O)c1ccc2ccccc2n1. The minimum atomic E-state index is -0.951. The van der Waals surface area contributed by atoms with Crippen LogP contribution in [0.3, 0.4) is 0 Å². The molecule has 1 heterocycles. The van der Waals surface area contributed by atoms with Crippen LogP contribution in [0.1, 0.15) is 12.6 Å². The summed E-state index contributed by atoms with van der Waals surface area (Å²) >= 11 is 0. The van der Waals surface area contributed by atoms with E-state index in [1.165, 1.54) is 0 Å². The lowest BCUT2D eigenvalue weighted by Crippen LogP contribution is -1.92. The van der Waals surface area contributed by atoms with Gasteiger partial charge in [-0.15, -0.1) is 0 Å². The standard InChI is InChI=1S/C13H11NO2/c1-9(8-13(15)16)11-7-6-10-4-2-3-5-12(10)14-11/h2-8H,1H3,(H,15,16)/b9-8+. The van der Waals surface area contributed by atoms with E-state index < -0.39 is 5.97 Å². The van der Waals surface area contributed by atoms with Gasteiger partial charge in [0.1, 0.15) is 0 Å². The van der Waals surface area contributed by atoms with Crippen LogP contribution in [-0.4, -0.2) is 16.1 Å². The third kappa shape index (κ3) is 2.08. The van der Waals surface area contributed by atoms with Gasteiger partial charge in [-0.25, -0.2) is 9.78 Å². The zero-order valence-corrected chi connectivity index (χ0v) is 8.84. The van der Waals surface area contributed by atoms with E-state index in [-0.39, 0.29) is 0 Å². The lowest BCUT2D eigenvalue weighted by molar-refractivity contribution is -0.131. The molecule has 2 rings (SSSR count). The molecule has 0 saturated carbocycles. The number of allylic oxidation sites excluding steroid dienone is 1. The minimum Gasteiger partial charge on any atom is -0.478 e. The van der Waals surface area contributed by atoms with E-state index in [1.807, 2.05) is 36.4 Å². The fraction of sp³-hybridized carbons (Fsp3) is 0.0769. The summed E-state index contributed by atoms with van der Waals surface area (Å²) in [5, 5.41) is 9.70. The number of pyridine rings is 1. The number of aromatic nitrogens is 1. The van der Waals surface area contributed by atoms with Gasteiger partial charge in [-0.1, -0.05) is 24.3 Å². The van der Waals surface area contributed by atoms with Gasteiger partial charge in [-0.3, -0.25) is 0 Å². The molecule has 3 heteroatoms. The zero-order valence-electron chi connectivity index (χ0n) is 8.84. The van der Waals surface area contributed by atoms with E-state index >= 15 is 0 Å². The molecule has 0 unspecified atom stereocenters. The van der Waals surface area contributed by atoms with E-state index in [0.717, 1.165) is 17.0 Å². The van der Waals surface area contributed by atoms with Crippen LogP contribution in [-0.2, 0) is 4.79 Å². The Hall–Kier alpha value is -2.16. The van der Waals surface area contributed by atoms with Crippen LogP contribution in [0.15, 0.2) is 42.5 Å². The Bertz CT molecular complexity index is 573. The van der Waals surface area contributed by atoms with Gasteiger partial charge < -0.3 is 5.11 Å². The number of benzene rings is 1. The molecule has 0 bridgehead atoms. The molecule has 16 heavy (non-hydrogen) atoms. The highest BCUT2D eigenvalue weighted by Crippen LogP contribution is 2.16. The quantitative estimate of drug-likeness (QED) is 0.780. The summed E-state index contributed by atoms with van der Waals surface area (Å²) in [7, 11) is 0. The van der Waals surface area contributed by atoms with E-state index in [1.54, 1.807) is 6.92 Å². The van der Waals surface area contributed by atoms with Crippen LogP contribution in [0.25, 0.3) is 16.5 Å². The predicted octanol–water partition coefficient (Wildman–Crippen LogP) is 2.72. The fourth-order valence-electron chi connectivity index (χ4n) is 1.54. The van der Waals surface area contributed by atoms with Crippen LogP contribution in [0.4, 0.5) is 0 Å². The van der Waals surface area contributed by atoms with Crippen molar-refractivity contribution in [2.24, 2.45) is 0 Å². The van der Waals surface area contributed by atoms with Gasteiger partial charge >= 0.3 is 5.97 Å². The molecule has 2 aromatic rings. The summed E-state index contributed by atoms with van der Waals surface area (Å²) < 4.78 is 0. The van der Waals surface area contributed by atoms with E-state index in [9.17, 15) is 4.79 Å². The van der Waals surface area contributed by atoms with Crippen LogP contribution < -0.4 is 0 Å². The Morgan fingerprint density at radius 1 is 1.25 bits per heavy atom. The largest absolute Gasteiger partial charge is 0.478 e. The predicted molar refractivity (Wildman–Crippen MR) is 63.0 cm³/mol. The highest BCUT2D eigenvalue weighted by molar-refractivity contribution is 5.90. The van der Waals surface area contributed by atoms with Gasteiger partial charge in [0.05, 0.1) is 11.2 Å². The molecule has 0 aliphatic heterocycles. The van der Waals surface area contributed by atoms with Crippen LogP contribution in [0, 0.1) is 0 Å². The van der Waals surface area contributed by atoms with E-state index in [2.05, 4.69) is 4.98 Å². The molecular weight excluding hydrogens is 202 g/mol. The van der Waals surface area contributed by atoms with Crippen molar-refractivity contribution in [3.8, 4) is 0 Å². The number of para-hydroxylation sites is 1.